The van der Waals surface area contributed by atoms with Gasteiger partial charge < -0.3 is 10.2 Å². The molecule has 0 aromatic heterocycles. The number of amides is 3. The summed E-state index contributed by atoms with van der Waals surface area (Å²) in [7, 11) is 0. The molecular formula is C33H31Cl2N3O3. The minimum atomic E-state index is -0.873. The van der Waals surface area contributed by atoms with E-state index in [0.717, 1.165) is 22.8 Å². The number of halogens is 2. The second-order valence-corrected chi connectivity index (χ2v) is 11.1. The Morgan fingerprint density at radius 2 is 1.56 bits per heavy atom. The molecule has 5 rings (SSSR count). The van der Waals surface area contributed by atoms with Crippen molar-refractivity contribution in [1.82, 2.24) is 10.2 Å². The van der Waals surface area contributed by atoms with Gasteiger partial charge in [0.15, 0.2) is 0 Å². The SMILES string of the molecule is CC[C@@H](C)NC(=O)[C@@H](Cc1ccccc1)N(Cc1c(Cl)cccc1Cl)C(=O)CN1C(=O)c2cccc3cccc1c23. The van der Waals surface area contributed by atoms with Crippen LogP contribution < -0.4 is 10.2 Å². The first kappa shape index (κ1) is 28.7. The molecule has 0 aliphatic carbocycles. The molecule has 4 aromatic rings. The van der Waals surface area contributed by atoms with Crippen molar-refractivity contribution in [3.63, 3.8) is 0 Å². The van der Waals surface area contributed by atoms with E-state index in [-0.39, 0.29) is 43.3 Å². The number of hydrogen-bond acceptors (Lipinski definition) is 3. The fourth-order valence-electron chi connectivity index (χ4n) is 5.21. The van der Waals surface area contributed by atoms with Crippen molar-refractivity contribution in [1.29, 1.82) is 0 Å². The molecule has 2 atom stereocenters. The number of nitrogens with zero attached hydrogens (tertiary/aromatic N) is 2. The molecule has 1 heterocycles. The van der Waals surface area contributed by atoms with Gasteiger partial charge in [0.2, 0.25) is 11.8 Å². The smallest absolute Gasteiger partial charge is 0.259 e. The zero-order valence-corrected chi connectivity index (χ0v) is 24.5. The highest BCUT2D eigenvalue weighted by atomic mass is 35.5. The van der Waals surface area contributed by atoms with Crippen LogP contribution in [-0.4, -0.2) is 41.2 Å². The molecule has 0 saturated carbocycles. The lowest BCUT2D eigenvalue weighted by Gasteiger charge is -2.34. The average Bonchev–Trinajstić information content (AvgIpc) is 3.24. The van der Waals surface area contributed by atoms with Crippen LogP contribution in [0.4, 0.5) is 5.69 Å². The molecule has 0 saturated heterocycles. The molecule has 0 radical (unpaired) electrons. The van der Waals surface area contributed by atoms with Gasteiger partial charge in [-0.25, -0.2) is 0 Å². The highest BCUT2D eigenvalue weighted by Crippen LogP contribution is 2.37. The van der Waals surface area contributed by atoms with Crippen molar-refractivity contribution in [2.24, 2.45) is 0 Å². The van der Waals surface area contributed by atoms with Crippen LogP contribution in [0, 0.1) is 0 Å². The molecule has 1 aliphatic rings. The Labute approximate surface area is 249 Å². The maximum atomic E-state index is 14.3. The number of carbonyl (C=O) groups excluding carboxylic acids is 3. The largest absolute Gasteiger partial charge is 0.352 e. The lowest BCUT2D eigenvalue weighted by molar-refractivity contribution is -0.140. The lowest BCUT2D eigenvalue weighted by atomic mass is 10.0. The minimum absolute atomic E-state index is 0.00193. The van der Waals surface area contributed by atoms with Gasteiger partial charge in [-0.1, -0.05) is 90.8 Å². The first-order valence-electron chi connectivity index (χ1n) is 13.7. The summed E-state index contributed by atoms with van der Waals surface area (Å²) in [6.07, 6.45) is 1.01. The van der Waals surface area contributed by atoms with Crippen molar-refractivity contribution in [2.75, 3.05) is 11.4 Å². The molecule has 1 aliphatic heterocycles. The normalized spacial score (nSPS) is 13.8. The highest BCUT2D eigenvalue weighted by Gasteiger charge is 2.36. The second-order valence-electron chi connectivity index (χ2n) is 10.3. The molecule has 4 aromatic carbocycles. The molecule has 0 unspecified atom stereocenters. The summed E-state index contributed by atoms with van der Waals surface area (Å²) in [6, 6.07) is 25.0. The Morgan fingerprint density at radius 3 is 2.24 bits per heavy atom. The number of anilines is 1. The van der Waals surface area contributed by atoms with E-state index in [4.69, 9.17) is 23.2 Å². The van der Waals surface area contributed by atoms with Gasteiger partial charge in [0.1, 0.15) is 12.6 Å². The number of carbonyl (C=O) groups is 3. The van der Waals surface area contributed by atoms with Gasteiger partial charge in [-0.05, 0) is 48.6 Å². The highest BCUT2D eigenvalue weighted by molar-refractivity contribution is 6.36. The van der Waals surface area contributed by atoms with Crippen LogP contribution in [0.1, 0.15) is 41.8 Å². The first-order chi connectivity index (χ1) is 19.8. The van der Waals surface area contributed by atoms with Crippen molar-refractivity contribution < 1.29 is 14.4 Å². The molecule has 6 nitrogen and oxygen atoms in total. The predicted molar refractivity (Wildman–Crippen MR) is 164 cm³/mol. The van der Waals surface area contributed by atoms with Crippen LogP contribution in [0.5, 0.6) is 0 Å². The Hall–Kier alpha value is -3.87. The first-order valence-corrected chi connectivity index (χ1v) is 14.4. The van der Waals surface area contributed by atoms with Gasteiger partial charge in [0.25, 0.3) is 5.91 Å². The molecule has 1 N–H and O–H groups in total. The molecule has 0 fully saturated rings. The summed E-state index contributed by atoms with van der Waals surface area (Å²) in [6.45, 7) is 3.68. The van der Waals surface area contributed by atoms with Crippen LogP contribution in [0.3, 0.4) is 0 Å². The molecule has 210 valence electrons. The van der Waals surface area contributed by atoms with Crippen molar-refractivity contribution in [3.8, 4) is 0 Å². The zero-order valence-electron chi connectivity index (χ0n) is 22.9. The van der Waals surface area contributed by atoms with Gasteiger partial charge in [-0.2, -0.15) is 0 Å². The fraction of sp³-hybridized carbons (Fsp3) is 0.242. The van der Waals surface area contributed by atoms with E-state index < -0.39 is 6.04 Å². The van der Waals surface area contributed by atoms with Crippen LogP contribution >= 0.6 is 23.2 Å². The Balaban J connectivity index is 1.54. The average molecular weight is 589 g/mol. The predicted octanol–water partition coefficient (Wildman–Crippen LogP) is 6.66. The van der Waals surface area contributed by atoms with Gasteiger partial charge in [0.05, 0.1) is 5.69 Å². The van der Waals surface area contributed by atoms with E-state index in [2.05, 4.69) is 5.32 Å². The van der Waals surface area contributed by atoms with Crippen LogP contribution in [0.15, 0.2) is 84.9 Å². The summed E-state index contributed by atoms with van der Waals surface area (Å²) in [5.74, 6) is -0.915. The Morgan fingerprint density at radius 1 is 0.902 bits per heavy atom. The molecule has 0 bridgehead atoms. The fourth-order valence-corrected chi connectivity index (χ4v) is 5.73. The summed E-state index contributed by atoms with van der Waals surface area (Å²) < 4.78 is 0. The van der Waals surface area contributed by atoms with Crippen LogP contribution in [0.25, 0.3) is 10.8 Å². The van der Waals surface area contributed by atoms with Crippen molar-refractivity contribution >= 4 is 57.4 Å². The quantitative estimate of drug-likeness (QED) is 0.225. The summed E-state index contributed by atoms with van der Waals surface area (Å²) in [5.41, 5.74) is 2.67. The number of nitrogens with one attached hydrogen (secondary N) is 1. The van der Waals surface area contributed by atoms with E-state index in [9.17, 15) is 14.4 Å². The van der Waals surface area contributed by atoms with E-state index in [1.807, 2.05) is 74.5 Å². The van der Waals surface area contributed by atoms with E-state index >= 15 is 0 Å². The van der Waals surface area contributed by atoms with Gasteiger partial charge in [-0.3, -0.25) is 19.3 Å². The standard InChI is InChI=1S/C33H31Cl2N3O3/c1-3-21(2)36-32(40)29(18-22-10-5-4-6-11-22)37(19-25-26(34)15-9-16-27(25)35)30(39)20-38-28-17-8-13-23-12-7-14-24(31(23)28)33(38)41/h4-17,21,29H,3,18-20H2,1-2H3,(H,36,40)/t21-,29-/m1/s1. The third-order valence-corrected chi connectivity index (χ3v) is 8.31. The monoisotopic (exact) mass is 587 g/mol. The lowest BCUT2D eigenvalue weighted by Crippen LogP contribution is -2.54. The van der Waals surface area contributed by atoms with Gasteiger partial charge in [0, 0.05) is 45.6 Å². The number of benzene rings is 4. The van der Waals surface area contributed by atoms with Crippen LogP contribution in [-0.2, 0) is 22.6 Å². The second kappa shape index (κ2) is 12.3. The number of hydrogen-bond donors (Lipinski definition) is 1. The van der Waals surface area contributed by atoms with Gasteiger partial charge in [-0.15, -0.1) is 0 Å². The third kappa shape index (κ3) is 5.95. The topological polar surface area (TPSA) is 69.7 Å². The molecule has 3 amide bonds. The minimum Gasteiger partial charge on any atom is -0.352 e. The van der Waals surface area contributed by atoms with Crippen molar-refractivity contribution in [2.45, 2.75) is 45.3 Å². The third-order valence-electron chi connectivity index (χ3n) is 7.60. The molecular weight excluding hydrogens is 557 g/mol. The van der Waals surface area contributed by atoms with E-state index in [0.29, 0.717) is 26.9 Å². The van der Waals surface area contributed by atoms with Crippen molar-refractivity contribution in [3.05, 3.63) is 112 Å². The van der Waals surface area contributed by atoms with E-state index in [1.165, 1.54) is 9.80 Å². The zero-order chi connectivity index (χ0) is 29.1. The summed E-state index contributed by atoms with van der Waals surface area (Å²) in [4.78, 5) is 44.6. The molecule has 8 heteroatoms. The maximum Gasteiger partial charge on any atom is 0.259 e. The Kier molecular flexibility index (Phi) is 8.62. The van der Waals surface area contributed by atoms with Gasteiger partial charge >= 0.3 is 0 Å². The van der Waals surface area contributed by atoms with E-state index in [1.54, 1.807) is 24.3 Å². The molecule has 0 spiro atoms. The Bertz CT molecular complexity index is 1580. The maximum absolute atomic E-state index is 14.3. The number of rotatable bonds is 10. The summed E-state index contributed by atoms with van der Waals surface area (Å²) in [5, 5.41) is 5.59. The summed E-state index contributed by atoms with van der Waals surface area (Å²) >= 11 is 13.1. The van der Waals surface area contributed by atoms with Crippen LogP contribution in [0.2, 0.25) is 10.0 Å². The molecule has 41 heavy (non-hydrogen) atoms.